The van der Waals surface area contributed by atoms with Crippen molar-refractivity contribution in [2.24, 2.45) is 7.05 Å². The highest BCUT2D eigenvalue weighted by Gasteiger charge is 2.38. The third kappa shape index (κ3) is 3.33. The highest BCUT2D eigenvalue weighted by Crippen LogP contribution is 2.29. The number of halogens is 2. The smallest absolute Gasteiger partial charge is 0.333 e. The Balaban J connectivity index is 2.41. The Hall–Kier alpha value is -2.05. The molecule has 2 aromatic rings. The predicted molar refractivity (Wildman–Crippen MR) is 86.9 cm³/mol. The van der Waals surface area contributed by atoms with Crippen LogP contribution in [0.3, 0.4) is 0 Å². The number of aromatic nitrogens is 2. The van der Waals surface area contributed by atoms with Gasteiger partial charge in [0.05, 0.1) is 21.3 Å². The molecular formula is C15H15Cl2N3O3. The Morgan fingerprint density at radius 1 is 1.30 bits per heavy atom. The molecule has 0 aliphatic heterocycles. The van der Waals surface area contributed by atoms with Gasteiger partial charge in [-0.05, 0) is 31.5 Å². The van der Waals surface area contributed by atoms with Crippen LogP contribution in [0.4, 0.5) is 0 Å². The number of hydrogen-bond acceptors (Lipinski definition) is 3. The molecule has 0 bridgehead atoms. The first-order valence-corrected chi connectivity index (χ1v) is 7.42. The van der Waals surface area contributed by atoms with Gasteiger partial charge in [0.25, 0.3) is 5.91 Å². The molecule has 0 aliphatic carbocycles. The van der Waals surface area contributed by atoms with Gasteiger partial charge in [0.2, 0.25) is 0 Å². The molecule has 0 fully saturated rings. The number of aliphatic carboxylic acids is 1. The van der Waals surface area contributed by atoms with Crippen LogP contribution in [0.1, 0.15) is 28.5 Å². The standard InChI is InChI=1S/C15H15Cl2N3O3/c1-8-10(7-20(3)19-8)13(21)18-15(2,14(22)23)9-4-5-11(16)12(17)6-9/h4-7H,1-3H3,(H,18,21)(H,22,23). The van der Waals surface area contributed by atoms with Gasteiger partial charge in [-0.25, -0.2) is 4.79 Å². The fourth-order valence-electron chi connectivity index (χ4n) is 2.17. The summed E-state index contributed by atoms with van der Waals surface area (Å²) in [6.45, 7) is 3.06. The maximum atomic E-state index is 12.4. The second kappa shape index (κ2) is 6.22. The number of rotatable bonds is 4. The Labute approximate surface area is 143 Å². The molecule has 23 heavy (non-hydrogen) atoms. The lowest BCUT2D eigenvalue weighted by molar-refractivity contribution is -0.144. The van der Waals surface area contributed by atoms with Gasteiger partial charge in [0.15, 0.2) is 5.54 Å². The number of nitrogens with one attached hydrogen (secondary N) is 1. The summed E-state index contributed by atoms with van der Waals surface area (Å²) in [5, 5.41) is 16.7. The minimum absolute atomic E-state index is 0.212. The summed E-state index contributed by atoms with van der Waals surface area (Å²) in [7, 11) is 1.68. The molecule has 1 aromatic carbocycles. The molecule has 0 spiro atoms. The largest absolute Gasteiger partial charge is 0.479 e. The van der Waals surface area contributed by atoms with Crippen LogP contribution in [0.25, 0.3) is 0 Å². The minimum atomic E-state index is -1.66. The number of amides is 1. The molecule has 6 nitrogen and oxygen atoms in total. The topological polar surface area (TPSA) is 84.2 Å². The van der Waals surface area contributed by atoms with Crippen molar-refractivity contribution in [3.63, 3.8) is 0 Å². The zero-order valence-electron chi connectivity index (χ0n) is 12.7. The Bertz CT molecular complexity index is 788. The lowest BCUT2D eigenvalue weighted by Gasteiger charge is -2.27. The molecule has 1 atom stereocenters. The van der Waals surface area contributed by atoms with E-state index in [4.69, 9.17) is 23.2 Å². The van der Waals surface area contributed by atoms with Crippen molar-refractivity contribution in [1.82, 2.24) is 15.1 Å². The molecule has 0 radical (unpaired) electrons. The van der Waals surface area contributed by atoms with E-state index in [2.05, 4.69) is 10.4 Å². The molecule has 0 saturated heterocycles. The second-order valence-corrected chi connectivity index (χ2v) is 6.13. The van der Waals surface area contributed by atoms with Gasteiger partial charge < -0.3 is 10.4 Å². The maximum Gasteiger partial charge on any atom is 0.333 e. The summed E-state index contributed by atoms with van der Waals surface area (Å²) >= 11 is 11.8. The first-order chi connectivity index (χ1) is 10.6. The molecule has 0 saturated carbocycles. The molecule has 0 aliphatic rings. The first-order valence-electron chi connectivity index (χ1n) is 6.67. The summed E-state index contributed by atoms with van der Waals surface area (Å²) in [4.78, 5) is 24.2. The van der Waals surface area contributed by atoms with Crippen molar-refractivity contribution in [2.75, 3.05) is 0 Å². The Morgan fingerprint density at radius 3 is 2.43 bits per heavy atom. The van der Waals surface area contributed by atoms with Gasteiger partial charge in [-0.2, -0.15) is 5.10 Å². The molecule has 8 heteroatoms. The summed E-state index contributed by atoms with van der Waals surface area (Å²) in [5.41, 5.74) is -0.533. The molecule has 122 valence electrons. The molecule has 1 heterocycles. The van der Waals surface area contributed by atoms with Crippen LogP contribution in [0.2, 0.25) is 10.0 Å². The number of hydrogen-bond donors (Lipinski definition) is 2. The van der Waals surface area contributed by atoms with E-state index in [-0.39, 0.29) is 5.02 Å². The van der Waals surface area contributed by atoms with Crippen molar-refractivity contribution < 1.29 is 14.7 Å². The number of nitrogens with zero attached hydrogens (tertiary/aromatic N) is 2. The van der Waals surface area contributed by atoms with Crippen LogP contribution in [-0.2, 0) is 17.4 Å². The molecule has 1 aromatic heterocycles. The van der Waals surface area contributed by atoms with Gasteiger partial charge in [0.1, 0.15) is 0 Å². The third-order valence-electron chi connectivity index (χ3n) is 3.55. The molecular weight excluding hydrogens is 341 g/mol. The van der Waals surface area contributed by atoms with Crippen LogP contribution in [0, 0.1) is 6.92 Å². The Morgan fingerprint density at radius 2 is 1.96 bits per heavy atom. The number of aryl methyl sites for hydroxylation is 2. The zero-order valence-corrected chi connectivity index (χ0v) is 14.2. The normalized spacial score (nSPS) is 13.4. The SMILES string of the molecule is Cc1nn(C)cc1C(=O)NC(C)(C(=O)O)c1ccc(Cl)c(Cl)c1. The summed E-state index contributed by atoms with van der Waals surface area (Å²) in [6, 6.07) is 4.43. The molecule has 2 rings (SSSR count). The molecule has 1 unspecified atom stereocenters. The lowest BCUT2D eigenvalue weighted by atomic mass is 9.91. The van der Waals surface area contributed by atoms with Crippen molar-refractivity contribution in [1.29, 1.82) is 0 Å². The van der Waals surface area contributed by atoms with Crippen molar-refractivity contribution in [3.05, 3.63) is 51.3 Å². The van der Waals surface area contributed by atoms with E-state index in [1.807, 2.05) is 0 Å². The average Bonchev–Trinajstić information content (AvgIpc) is 2.80. The number of carbonyl (C=O) groups excluding carboxylic acids is 1. The second-order valence-electron chi connectivity index (χ2n) is 5.32. The number of carbonyl (C=O) groups is 2. The summed E-state index contributed by atoms with van der Waals surface area (Å²) < 4.78 is 1.49. The highest BCUT2D eigenvalue weighted by atomic mass is 35.5. The van der Waals surface area contributed by atoms with Gasteiger partial charge in [-0.1, -0.05) is 29.3 Å². The summed E-state index contributed by atoms with van der Waals surface area (Å²) in [6.07, 6.45) is 1.53. The third-order valence-corrected chi connectivity index (χ3v) is 4.29. The Kier molecular flexibility index (Phi) is 4.68. The van der Waals surface area contributed by atoms with Crippen molar-refractivity contribution in [3.8, 4) is 0 Å². The fourth-order valence-corrected chi connectivity index (χ4v) is 2.47. The van der Waals surface area contributed by atoms with Gasteiger partial charge >= 0.3 is 5.97 Å². The van der Waals surface area contributed by atoms with Crippen molar-refractivity contribution in [2.45, 2.75) is 19.4 Å². The van der Waals surface area contributed by atoms with Crippen LogP contribution >= 0.6 is 23.2 Å². The van der Waals surface area contributed by atoms with E-state index in [0.717, 1.165) is 0 Å². The quantitative estimate of drug-likeness (QED) is 0.882. The monoisotopic (exact) mass is 355 g/mol. The predicted octanol–water partition coefficient (Wildman–Crippen LogP) is 2.77. The van der Waals surface area contributed by atoms with Gasteiger partial charge in [0, 0.05) is 13.2 Å². The lowest BCUT2D eigenvalue weighted by Crippen LogP contribution is -2.49. The highest BCUT2D eigenvalue weighted by molar-refractivity contribution is 6.42. The van der Waals surface area contributed by atoms with E-state index in [9.17, 15) is 14.7 Å². The molecule has 2 N–H and O–H groups in total. The van der Waals surface area contributed by atoms with Crippen LogP contribution in [0.5, 0.6) is 0 Å². The van der Waals surface area contributed by atoms with Crippen LogP contribution < -0.4 is 5.32 Å². The maximum absolute atomic E-state index is 12.4. The van der Waals surface area contributed by atoms with E-state index in [1.54, 1.807) is 14.0 Å². The van der Waals surface area contributed by atoms with E-state index < -0.39 is 17.4 Å². The number of carboxylic acids is 1. The van der Waals surface area contributed by atoms with Gasteiger partial charge in [-0.15, -0.1) is 0 Å². The first kappa shape index (κ1) is 17.3. The minimum Gasteiger partial charge on any atom is -0.479 e. The van der Waals surface area contributed by atoms with E-state index >= 15 is 0 Å². The zero-order chi connectivity index (χ0) is 17.4. The van der Waals surface area contributed by atoms with Gasteiger partial charge in [-0.3, -0.25) is 9.48 Å². The number of carboxylic acid groups (broad SMARTS) is 1. The van der Waals surface area contributed by atoms with Crippen LogP contribution in [-0.4, -0.2) is 26.8 Å². The van der Waals surface area contributed by atoms with E-state index in [0.29, 0.717) is 21.8 Å². The van der Waals surface area contributed by atoms with Crippen molar-refractivity contribution >= 4 is 35.1 Å². The average molecular weight is 356 g/mol. The van der Waals surface area contributed by atoms with Crippen LogP contribution in [0.15, 0.2) is 24.4 Å². The summed E-state index contributed by atoms with van der Waals surface area (Å²) in [5.74, 6) is -1.75. The molecule has 1 amide bonds. The number of benzene rings is 1. The fraction of sp³-hybridized carbons (Fsp3) is 0.267. The van der Waals surface area contributed by atoms with E-state index in [1.165, 1.54) is 36.0 Å².